The number of amides is 1. The van der Waals surface area contributed by atoms with Gasteiger partial charge < -0.3 is 10.1 Å². The van der Waals surface area contributed by atoms with Crippen molar-refractivity contribution in [2.24, 2.45) is 5.41 Å². The highest BCUT2D eigenvalue weighted by Crippen LogP contribution is 2.34. The molecule has 3 rings (SSSR count). The number of fused-ring (bicyclic) bond motifs is 1. The Labute approximate surface area is 160 Å². The molecule has 144 valence electrons. The zero-order valence-corrected chi connectivity index (χ0v) is 16.7. The molecule has 0 atom stereocenters. The molecule has 1 aliphatic rings. The minimum absolute atomic E-state index is 0.175. The molecule has 0 spiro atoms. The van der Waals surface area contributed by atoms with Gasteiger partial charge in [0.1, 0.15) is 12.4 Å². The molecule has 0 aromatic heterocycles. The van der Waals surface area contributed by atoms with Gasteiger partial charge in [-0.1, -0.05) is 26.0 Å². The second kappa shape index (κ2) is 6.88. The third kappa shape index (κ3) is 4.08. The van der Waals surface area contributed by atoms with Crippen molar-refractivity contribution in [2.75, 3.05) is 16.6 Å². The Morgan fingerprint density at radius 3 is 2.41 bits per heavy atom. The number of sulfonamides is 1. The van der Waals surface area contributed by atoms with Crippen LogP contribution in [-0.2, 0) is 14.8 Å². The van der Waals surface area contributed by atoms with Crippen molar-refractivity contribution in [1.29, 1.82) is 0 Å². The summed E-state index contributed by atoms with van der Waals surface area (Å²) in [5.74, 6) is 0.663. The standard InChI is InChI=1S/C20H24N2O4S/c1-13(2)14-5-8-16(9-6-14)27(24,25)22-15-7-10-18-17(11-15)21-19(23)20(3,4)12-26-18/h5-11,13,22H,12H2,1-4H3,(H,21,23). The highest BCUT2D eigenvalue weighted by atomic mass is 32.2. The molecule has 1 aliphatic heterocycles. The van der Waals surface area contributed by atoms with Crippen LogP contribution in [-0.4, -0.2) is 20.9 Å². The fourth-order valence-corrected chi connectivity index (χ4v) is 3.73. The van der Waals surface area contributed by atoms with Crippen molar-refractivity contribution >= 4 is 27.3 Å². The Bertz CT molecular complexity index is 964. The molecular weight excluding hydrogens is 364 g/mol. The van der Waals surface area contributed by atoms with Gasteiger partial charge in [-0.2, -0.15) is 0 Å². The van der Waals surface area contributed by atoms with Crippen molar-refractivity contribution in [3.8, 4) is 5.75 Å². The summed E-state index contributed by atoms with van der Waals surface area (Å²) in [5.41, 5.74) is 1.20. The highest BCUT2D eigenvalue weighted by molar-refractivity contribution is 7.92. The Balaban J connectivity index is 1.85. The first-order valence-corrected chi connectivity index (χ1v) is 10.3. The quantitative estimate of drug-likeness (QED) is 0.830. The second-order valence-electron chi connectivity index (χ2n) is 7.67. The SMILES string of the molecule is CC(C)c1ccc(S(=O)(=O)Nc2ccc3c(c2)NC(=O)C(C)(C)CO3)cc1. The highest BCUT2D eigenvalue weighted by Gasteiger charge is 2.32. The number of hydrogen-bond acceptors (Lipinski definition) is 4. The number of ether oxygens (including phenoxy) is 1. The van der Waals surface area contributed by atoms with Crippen LogP contribution in [0.1, 0.15) is 39.2 Å². The molecule has 0 aliphatic carbocycles. The molecular formula is C20H24N2O4S. The lowest BCUT2D eigenvalue weighted by molar-refractivity contribution is -0.124. The topological polar surface area (TPSA) is 84.5 Å². The lowest BCUT2D eigenvalue weighted by Crippen LogP contribution is -2.33. The van der Waals surface area contributed by atoms with E-state index in [1.165, 1.54) is 0 Å². The molecule has 27 heavy (non-hydrogen) atoms. The van der Waals surface area contributed by atoms with Gasteiger partial charge in [0.2, 0.25) is 5.91 Å². The molecule has 6 nitrogen and oxygen atoms in total. The second-order valence-corrected chi connectivity index (χ2v) is 9.35. The summed E-state index contributed by atoms with van der Waals surface area (Å²) >= 11 is 0. The Morgan fingerprint density at radius 2 is 1.78 bits per heavy atom. The van der Waals surface area contributed by atoms with E-state index in [1.54, 1.807) is 44.2 Å². The van der Waals surface area contributed by atoms with Crippen molar-refractivity contribution < 1.29 is 17.9 Å². The van der Waals surface area contributed by atoms with Crippen LogP contribution in [0.3, 0.4) is 0 Å². The van der Waals surface area contributed by atoms with Crippen LogP contribution in [0, 0.1) is 5.41 Å². The molecule has 0 saturated carbocycles. The van der Waals surface area contributed by atoms with E-state index in [-0.39, 0.29) is 17.4 Å². The van der Waals surface area contributed by atoms with E-state index in [9.17, 15) is 13.2 Å². The number of benzene rings is 2. The van der Waals surface area contributed by atoms with Crippen LogP contribution in [0.4, 0.5) is 11.4 Å². The third-order valence-corrected chi connectivity index (χ3v) is 5.94. The van der Waals surface area contributed by atoms with Gasteiger partial charge in [-0.3, -0.25) is 9.52 Å². The largest absolute Gasteiger partial charge is 0.490 e. The molecule has 0 bridgehead atoms. The Hall–Kier alpha value is -2.54. The van der Waals surface area contributed by atoms with E-state index in [0.717, 1.165) is 5.56 Å². The summed E-state index contributed by atoms with van der Waals surface area (Å²) in [6.07, 6.45) is 0. The van der Waals surface area contributed by atoms with Crippen molar-refractivity contribution in [3.05, 3.63) is 48.0 Å². The van der Waals surface area contributed by atoms with Gasteiger partial charge in [0.15, 0.2) is 0 Å². The van der Waals surface area contributed by atoms with E-state index in [4.69, 9.17) is 4.74 Å². The lowest BCUT2D eigenvalue weighted by atomic mass is 9.94. The van der Waals surface area contributed by atoms with Crippen LogP contribution in [0.2, 0.25) is 0 Å². The fraction of sp³-hybridized carbons (Fsp3) is 0.350. The summed E-state index contributed by atoms with van der Waals surface area (Å²) in [5, 5.41) is 2.80. The lowest BCUT2D eigenvalue weighted by Gasteiger charge is -2.18. The molecule has 0 fully saturated rings. The van der Waals surface area contributed by atoms with Gasteiger partial charge in [-0.25, -0.2) is 8.42 Å². The Morgan fingerprint density at radius 1 is 1.11 bits per heavy atom. The summed E-state index contributed by atoms with van der Waals surface area (Å²) in [6, 6.07) is 11.6. The summed E-state index contributed by atoms with van der Waals surface area (Å²) in [6.45, 7) is 7.93. The van der Waals surface area contributed by atoms with Gasteiger partial charge in [-0.05, 0) is 55.7 Å². The first-order valence-electron chi connectivity index (χ1n) is 8.79. The minimum Gasteiger partial charge on any atom is -0.490 e. The number of nitrogens with one attached hydrogen (secondary N) is 2. The predicted molar refractivity (Wildman–Crippen MR) is 106 cm³/mol. The fourth-order valence-electron chi connectivity index (χ4n) is 2.68. The molecule has 2 N–H and O–H groups in total. The van der Waals surface area contributed by atoms with Crippen molar-refractivity contribution in [1.82, 2.24) is 0 Å². The maximum atomic E-state index is 12.7. The van der Waals surface area contributed by atoms with Crippen LogP contribution in [0.15, 0.2) is 47.4 Å². The summed E-state index contributed by atoms with van der Waals surface area (Å²) in [7, 11) is -3.73. The smallest absolute Gasteiger partial charge is 0.261 e. The summed E-state index contributed by atoms with van der Waals surface area (Å²) in [4.78, 5) is 12.5. The van der Waals surface area contributed by atoms with Crippen molar-refractivity contribution in [3.63, 3.8) is 0 Å². The zero-order chi connectivity index (χ0) is 19.8. The molecule has 0 radical (unpaired) electrons. The van der Waals surface area contributed by atoms with Crippen LogP contribution >= 0.6 is 0 Å². The molecule has 0 unspecified atom stereocenters. The average molecular weight is 388 g/mol. The predicted octanol–water partition coefficient (Wildman–Crippen LogP) is 3.97. The minimum atomic E-state index is -3.73. The normalized spacial score (nSPS) is 16.1. The maximum absolute atomic E-state index is 12.7. The molecule has 2 aromatic carbocycles. The first kappa shape index (κ1) is 19.2. The van der Waals surface area contributed by atoms with Gasteiger partial charge in [0.25, 0.3) is 10.0 Å². The molecule has 1 amide bonds. The third-order valence-electron chi connectivity index (χ3n) is 4.54. The zero-order valence-electron chi connectivity index (χ0n) is 15.9. The Kier molecular flexibility index (Phi) is 4.90. The van der Waals surface area contributed by atoms with Gasteiger partial charge in [0, 0.05) is 0 Å². The number of hydrogen-bond donors (Lipinski definition) is 2. The number of carbonyl (C=O) groups excluding carboxylic acids is 1. The maximum Gasteiger partial charge on any atom is 0.261 e. The van der Waals surface area contributed by atoms with E-state index in [0.29, 0.717) is 23.0 Å². The molecule has 1 heterocycles. The van der Waals surface area contributed by atoms with Crippen LogP contribution < -0.4 is 14.8 Å². The monoisotopic (exact) mass is 388 g/mol. The number of anilines is 2. The summed E-state index contributed by atoms with van der Waals surface area (Å²) < 4.78 is 33.5. The van der Waals surface area contributed by atoms with E-state index < -0.39 is 15.4 Å². The van der Waals surface area contributed by atoms with E-state index in [1.807, 2.05) is 12.1 Å². The van der Waals surface area contributed by atoms with Gasteiger partial charge in [0.05, 0.1) is 21.7 Å². The van der Waals surface area contributed by atoms with Crippen molar-refractivity contribution in [2.45, 2.75) is 38.5 Å². The molecule has 0 saturated heterocycles. The molecule has 7 heteroatoms. The van der Waals surface area contributed by atoms with E-state index in [2.05, 4.69) is 23.9 Å². The average Bonchev–Trinajstić information content (AvgIpc) is 2.71. The van der Waals surface area contributed by atoms with E-state index >= 15 is 0 Å². The number of carbonyl (C=O) groups is 1. The van der Waals surface area contributed by atoms with Crippen LogP contribution in [0.5, 0.6) is 5.75 Å². The van der Waals surface area contributed by atoms with Gasteiger partial charge in [-0.15, -0.1) is 0 Å². The van der Waals surface area contributed by atoms with Gasteiger partial charge >= 0.3 is 0 Å². The number of rotatable bonds is 4. The first-order chi connectivity index (χ1) is 12.6. The van der Waals surface area contributed by atoms with Crippen LogP contribution in [0.25, 0.3) is 0 Å². The molecule has 2 aromatic rings.